The highest BCUT2D eigenvalue weighted by Crippen LogP contribution is 2.24. The van der Waals surface area contributed by atoms with Gasteiger partial charge in [-0.15, -0.1) is 0 Å². The van der Waals surface area contributed by atoms with Crippen molar-refractivity contribution < 1.29 is 19.7 Å². The lowest BCUT2D eigenvalue weighted by Gasteiger charge is -2.19. The van der Waals surface area contributed by atoms with Gasteiger partial charge < -0.3 is 19.5 Å². The molecule has 20 heavy (non-hydrogen) atoms. The molecule has 0 aliphatic heterocycles. The average molecular weight is 277 g/mol. The summed E-state index contributed by atoms with van der Waals surface area (Å²) < 4.78 is 7.34. The van der Waals surface area contributed by atoms with Crippen molar-refractivity contribution in [1.82, 2.24) is 4.57 Å². The Labute approximate surface area is 117 Å². The normalized spacial score (nSPS) is 14.4. The summed E-state index contributed by atoms with van der Waals surface area (Å²) in [7, 11) is 0. The van der Waals surface area contributed by atoms with Gasteiger partial charge in [-0.3, -0.25) is 0 Å². The van der Waals surface area contributed by atoms with Crippen molar-refractivity contribution >= 4 is 16.9 Å². The molecule has 1 heterocycles. The third-order valence-electron chi connectivity index (χ3n) is 3.05. The molecule has 0 spiro atoms. The van der Waals surface area contributed by atoms with Gasteiger partial charge in [0.2, 0.25) is 0 Å². The zero-order valence-electron chi connectivity index (χ0n) is 11.8. The Morgan fingerprint density at radius 2 is 2.10 bits per heavy atom. The quantitative estimate of drug-likeness (QED) is 0.879. The predicted molar refractivity (Wildman–Crippen MR) is 76.0 cm³/mol. The van der Waals surface area contributed by atoms with Gasteiger partial charge in [0.1, 0.15) is 5.75 Å². The minimum atomic E-state index is -1.79. The van der Waals surface area contributed by atoms with Crippen LogP contribution in [0.4, 0.5) is 0 Å². The van der Waals surface area contributed by atoms with Crippen molar-refractivity contribution in [2.24, 2.45) is 0 Å². The molecule has 0 bridgehead atoms. The van der Waals surface area contributed by atoms with Crippen LogP contribution in [0.1, 0.15) is 20.8 Å². The fourth-order valence-electron chi connectivity index (χ4n) is 2.06. The molecular weight excluding hydrogens is 258 g/mol. The van der Waals surface area contributed by atoms with Crippen molar-refractivity contribution in [3.63, 3.8) is 0 Å². The summed E-state index contributed by atoms with van der Waals surface area (Å²) in [4.78, 5) is 11.0. The number of aromatic nitrogens is 1. The van der Waals surface area contributed by atoms with E-state index in [1.54, 1.807) is 10.8 Å². The molecule has 2 aromatic rings. The fraction of sp³-hybridized carbons (Fsp3) is 0.400. The van der Waals surface area contributed by atoms with Crippen LogP contribution in [0.5, 0.6) is 5.75 Å². The lowest BCUT2D eigenvalue weighted by atomic mass is 10.1. The van der Waals surface area contributed by atoms with Gasteiger partial charge in [-0.25, -0.2) is 4.79 Å². The van der Waals surface area contributed by atoms with Gasteiger partial charge in [0.05, 0.1) is 12.6 Å². The van der Waals surface area contributed by atoms with Gasteiger partial charge in [0.25, 0.3) is 0 Å². The second-order valence-electron chi connectivity index (χ2n) is 5.41. The van der Waals surface area contributed by atoms with E-state index in [1.165, 1.54) is 6.92 Å². The highest BCUT2D eigenvalue weighted by Gasteiger charge is 2.30. The third kappa shape index (κ3) is 2.93. The topological polar surface area (TPSA) is 71.7 Å². The number of rotatable bonds is 5. The second kappa shape index (κ2) is 5.17. The largest absolute Gasteiger partial charge is 0.491 e. The molecule has 0 amide bonds. The molecule has 1 unspecified atom stereocenters. The molecule has 2 rings (SSSR count). The van der Waals surface area contributed by atoms with E-state index in [9.17, 15) is 9.90 Å². The van der Waals surface area contributed by atoms with Crippen LogP contribution in [0.25, 0.3) is 10.9 Å². The number of carboxylic acid groups (broad SMARTS) is 1. The van der Waals surface area contributed by atoms with Gasteiger partial charge >= 0.3 is 5.97 Å². The summed E-state index contributed by atoms with van der Waals surface area (Å²) >= 11 is 0. The maximum atomic E-state index is 11.0. The van der Waals surface area contributed by atoms with Crippen molar-refractivity contribution in [2.45, 2.75) is 39.0 Å². The Balaban J connectivity index is 2.31. The van der Waals surface area contributed by atoms with Crippen LogP contribution in [-0.2, 0) is 11.3 Å². The summed E-state index contributed by atoms with van der Waals surface area (Å²) in [6.45, 7) is 5.20. The summed E-state index contributed by atoms with van der Waals surface area (Å²) in [5, 5.41) is 19.8. The van der Waals surface area contributed by atoms with Crippen LogP contribution in [0, 0.1) is 0 Å². The number of aliphatic hydroxyl groups is 1. The Kier molecular flexibility index (Phi) is 3.72. The molecule has 0 aliphatic carbocycles. The van der Waals surface area contributed by atoms with Crippen LogP contribution in [0.3, 0.4) is 0 Å². The van der Waals surface area contributed by atoms with Gasteiger partial charge in [-0.05, 0) is 45.0 Å². The summed E-state index contributed by atoms with van der Waals surface area (Å²) in [5.74, 6) is -0.464. The molecule has 1 aromatic heterocycles. The predicted octanol–water partition coefficient (Wildman–Crippen LogP) is 2.26. The molecule has 0 saturated carbocycles. The summed E-state index contributed by atoms with van der Waals surface area (Å²) in [6.07, 6.45) is 1.86. The first-order valence-electron chi connectivity index (χ1n) is 6.51. The first-order chi connectivity index (χ1) is 9.29. The van der Waals surface area contributed by atoms with E-state index in [2.05, 4.69) is 0 Å². The molecule has 0 saturated heterocycles. The smallest absolute Gasteiger partial charge is 0.337 e. The van der Waals surface area contributed by atoms with Gasteiger partial charge in [-0.2, -0.15) is 0 Å². The van der Waals surface area contributed by atoms with Crippen molar-refractivity contribution in [2.75, 3.05) is 0 Å². The SMILES string of the molecule is CC(C)Oc1ccc2c(ccn2CC(C)(O)C(=O)O)c1. The minimum absolute atomic E-state index is 0.00375. The van der Waals surface area contributed by atoms with E-state index in [0.717, 1.165) is 16.7 Å². The van der Waals surface area contributed by atoms with Gasteiger partial charge in [-0.1, -0.05) is 0 Å². The number of benzene rings is 1. The lowest BCUT2D eigenvalue weighted by molar-refractivity contribution is -0.157. The van der Waals surface area contributed by atoms with Crippen molar-refractivity contribution in [1.29, 1.82) is 0 Å². The Morgan fingerprint density at radius 3 is 2.70 bits per heavy atom. The van der Waals surface area contributed by atoms with Gasteiger partial charge in [0.15, 0.2) is 5.60 Å². The molecule has 1 atom stereocenters. The van der Waals surface area contributed by atoms with E-state index in [0.29, 0.717) is 0 Å². The highest BCUT2D eigenvalue weighted by molar-refractivity contribution is 5.82. The minimum Gasteiger partial charge on any atom is -0.491 e. The number of nitrogens with zero attached hydrogens (tertiary/aromatic N) is 1. The molecule has 0 aliphatic rings. The van der Waals surface area contributed by atoms with Crippen LogP contribution in [0.15, 0.2) is 30.5 Å². The van der Waals surface area contributed by atoms with Crippen LogP contribution in [-0.4, -0.2) is 32.5 Å². The lowest BCUT2D eigenvalue weighted by Crippen LogP contribution is -2.39. The second-order valence-corrected chi connectivity index (χ2v) is 5.41. The van der Waals surface area contributed by atoms with E-state index in [-0.39, 0.29) is 12.6 Å². The van der Waals surface area contributed by atoms with E-state index in [1.807, 2.05) is 38.1 Å². The first-order valence-corrected chi connectivity index (χ1v) is 6.51. The molecule has 0 radical (unpaired) electrons. The standard InChI is InChI=1S/C15H19NO4/c1-10(2)20-12-4-5-13-11(8-12)6-7-16(13)9-15(3,19)14(17)18/h4-8,10,19H,9H2,1-3H3,(H,17,18). The zero-order chi connectivity index (χ0) is 14.9. The maximum Gasteiger partial charge on any atom is 0.337 e. The number of aliphatic carboxylic acids is 1. The first kappa shape index (κ1) is 14.4. The monoisotopic (exact) mass is 277 g/mol. The number of ether oxygens (including phenoxy) is 1. The maximum absolute atomic E-state index is 11.0. The molecule has 5 nitrogen and oxygen atoms in total. The molecular formula is C15H19NO4. The van der Waals surface area contributed by atoms with E-state index >= 15 is 0 Å². The van der Waals surface area contributed by atoms with E-state index in [4.69, 9.17) is 9.84 Å². The summed E-state index contributed by atoms with van der Waals surface area (Å²) in [5.41, 5.74) is -0.929. The molecule has 1 aromatic carbocycles. The van der Waals surface area contributed by atoms with Crippen LogP contribution < -0.4 is 4.74 Å². The number of fused-ring (bicyclic) bond motifs is 1. The zero-order valence-corrected chi connectivity index (χ0v) is 11.8. The summed E-state index contributed by atoms with van der Waals surface area (Å²) in [6, 6.07) is 7.49. The highest BCUT2D eigenvalue weighted by atomic mass is 16.5. The van der Waals surface area contributed by atoms with Crippen LogP contribution in [0.2, 0.25) is 0 Å². The molecule has 2 N–H and O–H groups in total. The Morgan fingerprint density at radius 1 is 1.40 bits per heavy atom. The van der Waals surface area contributed by atoms with Crippen LogP contribution >= 0.6 is 0 Å². The number of carboxylic acids is 1. The molecule has 0 fully saturated rings. The number of hydrogen-bond donors (Lipinski definition) is 2. The van der Waals surface area contributed by atoms with Crippen molar-refractivity contribution in [3.8, 4) is 5.75 Å². The van der Waals surface area contributed by atoms with Crippen molar-refractivity contribution in [3.05, 3.63) is 30.5 Å². The Bertz CT molecular complexity index is 628. The molecule has 5 heteroatoms. The van der Waals surface area contributed by atoms with E-state index < -0.39 is 11.6 Å². The number of carbonyl (C=O) groups is 1. The third-order valence-corrected chi connectivity index (χ3v) is 3.05. The fourth-order valence-corrected chi connectivity index (χ4v) is 2.06. The average Bonchev–Trinajstić information content (AvgIpc) is 2.70. The number of hydrogen-bond acceptors (Lipinski definition) is 3. The molecule has 108 valence electrons. The Hall–Kier alpha value is -2.01. The van der Waals surface area contributed by atoms with Gasteiger partial charge in [0, 0.05) is 17.1 Å².